The van der Waals surface area contributed by atoms with Crippen LogP contribution in [0.25, 0.3) is 0 Å². The summed E-state index contributed by atoms with van der Waals surface area (Å²) >= 11 is 1.48. The van der Waals surface area contributed by atoms with Crippen LogP contribution in [0, 0.1) is 5.82 Å². The average Bonchev–Trinajstić information content (AvgIpc) is 2.88. The predicted octanol–water partition coefficient (Wildman–Crippen LogP) is 4.59. The molecule has 0 spiro atoms. The van der Waals surface area contributed by atoms with Crippen LogP contribution in [0.1, 0.15) is 17.2 Å². The van der Waals surface area contributed by atoms with Gasteiger partial charge >= 0.3 is 6.36 Å². The summed E-state index contributed by atoms with van der Waals surface area (Å²) in [6.45, 7) is 0.424. The summed E-state index contributed by atoms with van der Waals surface area (Å²) in [7, 11) is -3.87. The number of thioether (sulfide) groups is 1. The van der Waals surface area contributed by atoms with E-state index in [1.54, 1.807) is 18.2 Å². The second-order valence-electron chi connectivity index (χ2n) is 6.09. The molecule has 2 aromatic carbocycles. The largest absolute Gasteiger partial charge is 0.573 e. The summed E-state index contributed by atoms with van der Waals surface area (Å²) in [6.07, 6.45) is -4.41. The Bertz CT molecular complexity index is 917. The topological polar surface area (TPSA) is 46.6 Å². The Morgan fingerprint density at radius 1 is 1.04 bits per heavy atom. The predicted molar refractivity (Wildman–Crippen MR) is 98.1 cm³/mol. The summed E-state index contributed by atoms with van der Waals surface area (Å²) in [5.41, 5.74) is 0.542. The van der Waals surface area contributed by atoms with Gasteiger partial charge in [-0.15, -0.1) is 13.2 Å². The Hall–Kier alpha value is -1.78. The number of halogens is 4. The third kappa shape index (κ3) is 4.98. The van der Waals surface area contributed by atoms with Crippen LogP contribution in [-0.2, 0) is 10.0 Å². The lowest BCUT2D eigenvalue weighted by atomic mass is 10.1. The molecule has 1 aliphatic rings. The van der Waals surface area contributed by atoms with E-state index in [4.69, 9.17) is 0 Å². The van der Waals surface area contributed by atoms with E-state index >= 15 is 0 Å². The van der Waals surface area contributed by atoms with Crippen molar-refractivity contribution in [1.82, 2.24) is 4.31 Å². The van der Waals surface area contributed by atoms with Crippen molar-refractivity contribution >= 4 is 21.8 Å². The zero-order valence-electron chi connectivity index (χ0n) is 14.5. The molecule has 10 heteroatoms. The molecule has 1 fully saturated rings. The van der Waals surface area contributed by atoms with Gasteiger partial charge in [0.2, 0.25) is 10.0 Å². The van der Waals surface area contributed by atoms with Gasteiger partial charge in [0, 0.05) is 29.7 Å². The summed E-state index contributed by atoms with van der Waals surface area (Å²) in [6, 6.07) is 10.5. The van der Waals surface area contributed by atoms with Crippen LogP contribution >= 0.6 is 11.8 Å². The first-order chi connectivity index (χ1) is 13.2. The second kappa shape index (κ2) is 8.30. The maximum absolute atomic E-state index is 14.0. The minimum atomic E-state index is -4.84. The normalized spacial score (nSPS) is 19.2. The van der Waals surface area contributed by atoms with Crippen molar-refractivity contribution in [2.45, 2.75) is 22.9 Å². The quantitative estimate of drug-likeness (QED) is 0.659. The van der Waals surface area contributed by atoms with Crippen LogP contribution in [0.4, 0.5) is 17.6 Å². The summed E-state index contributed by atoms with van der Waals surface area (Å²) in [4.78, 5) is -0.114. The van der Waals surface area contributed by atoms with Crippen LogP contribution in [-0.4, -0.2) is 37.9 Å². The third-order valence-corrected chi connectivity index (χ3v) is 7.47. The molecule has 2 aromatic rings. The van der Waals surface area contributed by atoms with Gasteiger partial charge in [-0.2, -0.15) is 16.1 Å². The molecule has 4 nitrogen and oxygen atoms in total. The van der Waals surface area contributed by atoms with Gasteiger partial charge < -0.3 is 4.74 Å². The molecule has 0 radical (unpaired) electrons. The zero-order chi connectivity index (χ0) is 20.4. The molecule has 0 N–H and O–H groups in total. The van der Waals surface area contributed by atoms with Crippen molar-refractivity contribution in [2.75, 3.05) is 18.8 Å². The maximum Gasteiger partial charge on any atom is 0.573 e. The van der Waals surface area contributed by atoms with Crippen LogP contribution in [0.3, 0.4) is 0 Å². The minimum absolute atomic E-state index is 0.114. The zero-order valence-corrected chi connectivity index (χ0v) is 16.2. The molecule has 1 atom stereocenters. The molecule has 0 bridgehead atoms. The van der Waals surface area contributed by atoms with Crippen molar-refractivity contribution in [2.24, 2.45) is 0 Å². The number of benzene rings is 2. The lowest BCUT2D eigenvalue weighted by Crippen LogP contribution is -2.33. The van der Waals surface area contributed by atoms with Crippen molar-refractivity contribution in [3.8, 4) is 5.75 Å². The Labute approximate surface area is 164 Å². The molecule has 1 saturated heterocycles. The molecule has 0 amide bonds. The molecular weight excluding hydrogens is 418 g/mol. The highest BCUT2D eigenvalue weighted by atomic mass is 32.2. The molecule has 0 aromatic heterocycles. The average molecular weight is 435 g/mol. The molecular formula is C18H17F4NO3S2. The number of hydrogen-bond donors (Lipinski definition) is 0. The van der Waals surface area contributed by atoms with Crippen LogP contribution in [0.5, 0.6) is 5.75 Å². The van der Waals surface area contributed by atoms with E-state index in [1.807, 2.05) is 0 Å². The fraction of sp³-hybridized carbons (Fsp3) is 0.333. The van der Waals surface area contributed by atoms with Crippen molar-refractivity contribution in [3.63, 3.8) is 0 Å². The van der Waals surface area contributed by atoms with E-state index in [0.29, 0.717) is 17.7 Å². The SMILES string of the molecule is O=S(=O)(c1ccc(OC(F)(F)F)cc1)N1CCSC(c2ccccc2F)CC1. The third-order valence-electron chi connectivity index (χ3n) is 4.25. The fourth-order valence-corrected chi connectivity index (χ4v) is 5.76. The van der Waals surface area contributed by atoms with Gasteiger partial charge in [0.1, 0.15) is 11.6 Å². The van der Waals surface area contributed by atoms with E-state index in [-0.39, 0.29) is 29.1 Å². The monoisotopic (exact) mass is 435 g/mol. The first kappa shape index (κ1) is 20.9. The van der Waals surface area contributed by atoms with Gasteiger partial charge in [0.15, 0.2) is 0 Å². The number of hydrogen-bond acceptors (Lipinski definition) is 4. The molecule has 1 aliphatic heterocycles. The van der Waals surface area contributed by atoms with Gasteiger partial charge in [0.05, 0.1) is 4.90 Å². The number of alkyl halides is 3. The van der Waals surface area contributed by atoms with Crippen molar-refractivity contribution in [1.29, 1.82) is 0 Å². The summed E-state index contributed by atoms with van der Waals surface area (Å²) < 4.78 is 81.4. The van der Waals surface area contributed by atoms with Crippen LogP contribution in [0.15, 0.2) is 53.4 Å². The van der Waals surface area contributed by atoms with E-state index in [2.05, 4.69) is 4.74 Å². The highest BCUT2D eigenvalue weighted by Gasteiger charge is 2.32. The first-order valence-electron chi connectivity index (χ1n) is 8.39. The van der Waals surface area contributed by atoms with Gasteiger partial charge in [-0.1, -0.05) is 18.2 Å². The van der Waals surface area contributed by atoms with Crippen LogP contribution in [0.2, 0.25) is 0 Å². The first-order valence-corrected chi connectivity index (χ1v) is 10.9. The number of rotatable bonds is 4. The van der Waals surface area contributed by atoms with Crippen molar-refractivity contribution in [3.05, 3.63) is 59.9 Å². The standard InChI is InChI=1S/C18H17F4NO3S2/c19-16-4-2-1-3-15(16)17-9-10-23(11-12-27-17)28(24,25)14-7-5-13(6-8-14)26-18(20,21)22/h1-8,17H,9-12H2. The molecule has 28 heavy (non-hydrogen) atoms. The molecule has 3 rings (SSSR count). The highest BCUT2D eigenvalue weighted by Crippen LogP contribution is 2.36. The summed E-state index contributed by atoms with van der Waals surface area (Å²) in [5, 5.41) is -0.163. The van der Waals surface area contributed by atoms with E-state index in [9.17, 15) is 26.0 Å². The van der Waals surface area contributed by atoms with Crippen LogP contribution < -0.4 is 4.74 Å². The number of nitrogens with zero attached hydrogens (tertiary/aromatic N) is 1. The van der Waals surface area contributed by atoms with Gasteiger partial charge in [-0.25, -0.2) is 12.8 Å². The fourth-order valence-electron chi connectivity index (χ4n) is 2.94. The Morgan fingerprint density at radius 2 is 1.71 bits per heavy atom. The smallest absolute Gasteiger partial charge is 0.406 e. The molecule has 152 valence electrons. The Balaban J connectivity index is 1.73. The minimum Gasteiger partial charge on any atom is -0.406 e. The van der Waals surface area contributed by atoms with Gasteiger partial charge in [-0.05, 0) is 36.8 Å². The maximum atomic E-state index is 14.0. The van der Waals surface area contributed by atoms with E-state index in [0.717, 1.165) is 24.3 Å². The highest BCUT2D eigenvalue weighted by molar-refractivity contribution is 7.99. The Kier molecular flexibility index (Phi) is 6.21. The number of ether oxygens (including phenoxy) is 1. The van der Waals surface area contributed by atoms with E-state index in [1.165, 1.54) is 22.1 Å². The number of sulfonamides is 1. The lowest BCUT2D eigenvalue weighted by molar-refractivity contribution is -0.274. The molecule has 0 aliphatic carbocycles. The Morgan fingerprint density at radius 3 is 2.36 bits per heavy atom. The second-order valence-corrected chi connectivity index (χ2v) is 9.34. The molecule has 1 heterocycles. The molecule has 0 saturated carbocycles. The molecule has 1 unspecified atom stereocenters. The van der Waals surface area contributed by atoms with Gasteiger partial charge in [-0.3, -0.25) is 0 Å². The lowest BCUT2D eigenvalue weighted by Gasteiger charge is -2.20. The summed E-state index contributed by atoms with van der Waals surface area (Å²) in [5.74, 6) is -0.331. The van der Waals surface area contributed by atoms with Gasteiger partial charge in [0.25, 0.3) is 0 Å². The van der Waals surface area contributed by atoms with Crippen molar-refractivity contribution < 1.29 is 30.7 Å². The van der Waals surface area contributed by atoms with E-state index < -0.39 is 22.1 Å².